The number of aliphatic hydroxyl groups is 1. The fourth-order valence-electron chi connectivity index (χ4n) is 2.47. The largest absolute Gasteiger partial charge is 0.394 e. The lowest BCUT2D eigenvalue weighted by Crippen LogP contribution is -2.47. The third kappa shape index (κ3) is 4.46. The molecule has 1 unspecified atom stereocenters. The Kier molecular flexibility index (Phi) is 5.00. The smallest absolute Gasteiger partial charge is 0.125 e. The average Bonchev–Trinajstić information content (AvgIpc) is 3.22. The van der Waals surface area contributed by atoms with Gasteiger partial charge < -0.3 is 15.3 Å². The van der Waals surface area contributed by atoms with Gasteiger partial charge in [-0.1, -0.05) is 6.07 Å². The molecule has 4 heteroatoms. The third-order valence-electron chi connectivity index (χ3n) is 3.95. The molecule has 112 valence electrons. The SMILES string of the molecule is CN(CCCC(C)(CO)NC1CC1)c1cccc(F)c1. The molecule has 20 heavy (non-hydrogen) atoms. The highest BCUT2D eigenvalue weighted by molar-refractivity contribution is 5.45. The van der Waals surface area contributed by atoms with Crippen molar-refractivity contribution in [3.8, 4) is 0 Å². The van der Waals surface area contributed by atoms with Crippen LogP contribution in [0.25, 0.3) is 0 Å². The minimum absolute atomic E-state index is 0.160. The number of rotatable bonds is 8. The van der Waals surface area contributed by atoms with Crippen molar-refractivity contribution < 1.29 is 9.50 Å². The summed E-state index contributed by atoms with van der Waals surface area (Å²) in [5, 5.41) is 13.1. The molecule has 0 aromatic heterocycles. The number of halogens is 1. The minimum atomic E-state index is -0.204. The third-order valence-corrected chi connectivity index (χ3v) is 3.95. The van der Waals surface area contributed by atoms with Gasteiger partial charge in [-0.25, -0.2) is 4.39 Å². The van der Waals surface area contributed by atoms with E-state index in [1.807, 2.05) is 13.1 Å². The summed E-state index contributed by atoms with van der Waals surface area (Å²) in [6.07, 6.45) is 4.32. The van der Waals surface area contributed by atoms with Crippen molar-refractivity contribution in [1.29, 1.82) is 0 Å². The lowest BCUT2D eigenvalue weighted by molar-refractivity contribution is 0.162. The first-order valence-electron chi connectivity index (χ1n) is 7.38. The van der Waals surface area contributed by atoms with Gasteiger partial charge in [0, 0.05) is 30.9 Å². The van der Waals surface area contributed by atoms with E-state index >= 15 is 0 Å². The molecule has 0 radical (unpaired) electrons. The van der Waals surface area contributed by atoms with E-state index in [2.05, 4.69) is 17.1 Å². The summed E-state index contributed by atoms with van der Waals surface area (Å²) in [4.78, 5) is 2.05. The second-order valence-electron chi connectivity index (χ2n) is 6.14. The molecule has 1 aromatic carbocycles. The van der Waals surface area contributed by atoms with Gasteiger partial charge in [-0.05, 0) is 50.8 Å². The summed E-state index contributed by atoms with van der Waals surface area (Å²) in [5.74, 6) is -0.204. The Morgan fingerprint density at radius 3 is 2.80 bits per heavy atom. The standard InChI is InChI=1S/C16H25FN2O/c1-16(12-20,18-14-7-8-14)9-4-10-19(2)15-6-3-5-13(17)11-15/h3,5-6,11,14,18,20H,4,7-10,12H2,1-2H3. The molecule has 1 aliphatic carbocycles. The first-order chi connectivity index (χ1) is 9.52. The van der Waals surface area contributed by atoms with Crippen LogP contribution in [0.15, 0.2) is 24.3 Å². The van der Waals surface area contributed by atoms with Gasteiger partial charge in [0.05, 0.1) is 6.61 Å². The predicted molar refractivity (Wildman–Crippen MR) is 80.6 cm³/mol. The molecule has 0 bridgehead atoms. The van der Waals surface area contributed by atoms with E-state index in [1.54, 1.807) is 12.1 Å². The second-order valence-corrected chi connectivity index (χ2v) is 6.14. The van der Waals surface area contributed by atoms with Gasteiger partial charge in [0.2, 0.25) is 0 Å². The Morgan fingerprint density at radius 1 is 1.45 bits per heavy atom. The summed E-state index contributed by atoms with van der Waals surface area (Å²) in [6.45, 7) is 3.09. The Hall–Kier alpha value is -1.13. The number of anilines is 1. The van der Waals surface area contributed by atoms with Gasteiger partial charge in [-0.15, -0.1) is 0 Å². The fourth-order valence-corrected chi connectivity index (χ4v) is 2.47. The molecular formula is C16H25FN2O. The summed E-state index contributed by atoms with van der Waals surface area (Å²) in [6, 6.07) is 7.24. The lowest BCUT2D eigenvalue weighted by Gasteiger charge is -2.30. The Balaban J connectivity index is 1.79. The number of benzene rings is 1. The Morgan fingerprint density at radius 2 is 2.20 bits per heavy atom. The molecular weight excluding hydrogens is 255 g/mol. The van der Waals surface area contributed by atoms with Crippen LogP contribution >= 0.6 is 0 Å². The normalized spacial score (nSPS) is 17.8. The molecule has 0 heterocycles. The van der Waals surface area contributed by atoms with Crippen molar-refractivity contribution in [2.24, 2.45) is 0 Å². The quantitative estimate of drug-likeness (QED) is 0.768. The topological polar surface area (TPSA) is 35.5 Å². The zero-order valence-corrected chi connectivity index (χ0v) is 12.4. The monoisotopic (exact) mass is 280 g/mol. The molecule has 2 N–H and O–H groups in total. The molecule has 3 nitrogen and oxygen atoms in total. The van der Waals surface area contributed by atoms with Gasteiger partial charge in [0.25, 0.3) is 0 Å². The molecule has 1 aliphatic rings. The van der Waals surface area contributed by atoms with E-state index < -0.39 is 0 Å². The van der Waals surface area contributed by atoms with Gasteiger partial charge in [0.15, 0.2) is 0 Å². The summed E-state index contributed by atoms with van der Waals surface area (Å²) >= 11 is 0. The van der Waals surface area contributed by atoms with E-state index in [9.17, 15) is 9.50 Å². The summed E-state index contributed by atoms with van der Waals surface area (Å²) < 4.78 is 13.2. The van der Waals surface area contributed by atoms with E-state index in [0.29, 0.717) is 6.04 Å². The van der Waals surface area contributed by atoms with Crippen LogP contribution in [0.1, 0.15) is 32.6 Å². The molecule has 0 spiro atoms. The van der Waals surface area contributed by atoms with Crippen LogP contribution < -0.4 is 10.2 Å². The van der Waals surface area contributed by atoms with E-state index in [0.717, 1.165) is 25.1 Å². The maximum Gasteiger partial charge on any atom is 0.125 e. The minimum Gasteiger partial charge on any atom is -0.394 e. The first kappa shape index (κ1) is 15.3. The Labute approximate surface area is 120 Å². The van der Waals surface area contributed by atoms with Crippen molar-refractivity contribution in [1.82, 2.24) is 5.32 Å². The first-order valence-corrected chi connectivity index (χ1v) is 7.38. The van der Waals surface area contributed by atoms with E-state index in [1.165, 1.54) is 18.9 Å². The molecule has 1 fully saturated rings. The van der Waals surface area contributed by atoms with Crippen molar-refractivity contribution >= 4 is 5.69 Å². The molecule has 1 saturated carbocycles. The van der Waals surface area contributed by atoms with Crippen LogP contribution in [0.3, 0.4) is 0 Å². The second kappa shape index (κ2) is 6.55. The average molecular weight is 280 g/mol. The zero-order valence-electron chi connectivity index (χ0n) is 12.4. The van der Waals surface area contributed by atoms with Crippen LogP contribution in [-0.2, 0) is 0 Å². The fraction of sp³-hybridized carbons (Fsp3) is 0.625. The number of nitrogens with zero attached hydrogens (tertiary/aromatic N) is 1. The lowest BCUT2D eigenvalue weighted by atomic mass is 9.96. The molecule has 2 rings (SSSR count). The van der Waals surface area contributed by atoms with Crippen molar-refractivity contribution in [3.63, 3.8) is 0 Å². The van der Waals surface area contributed by atoms with Crippen molar-refractivity contribution in [3.05, 3.63) is 30.1 Å². The highest BCUT2D eigenvalue weighted by Gasteiger charge is 2.31. The number of nitrogens with one attached hydrogen (secondary N) is 1. The highest BCUT2D eigenvalue weighted by atomic mass is 19.1. The van der Waals surface area contributed by atoms with E-state index in [4.69, 9.17) is 0 Å². The molecule has 0 aliphatic heterocycles. The van der Waals surface area contributed by atoms with Gasteiger partial charge >= 0.3 is 0 Å². The van der Waals surface area contributed by atoms with Gasteiger partial charge in [0.1, 0.15) is 5.82 Å². The zero-order chi connectivity index (χ0) is 14.6. The maximum absolute atomic E-state index is 13.2. The molecule has 1 atom stereocenters. The number of hydrogen-bond donors (Lipinski definition) is 2. The van der Waals surface area contributed by atoms with Crippen molar-refractivity contribution in [2.45, 2.75) is 44.2 Å². The number of aliphatic hydroxyl groups excluding tert-OH is 1. The molecule has 0 saturated heterocycles. The van der Waals surface area contributed by atoms with Crippen LogP contribution in [0.5, 0.6) is 0 Å². The summed E-state index contributed by atoms with van der Waals surface area (Å²) in [5.41, 5.74) is 0.704. The Bertz CT molecular complexity index is 436. The van der Waals surface area contributed by atoms with Crippen LogP contribution in [-0.4, -0.2) is 36.9 Å². The van der Waals surface area contributed by atoms with Crippen molar-refractivity contribution in [2.75, 3.05) is 25.1 Å². The highest BCUT2D eigenvalue weighted by Crippen LogP contribution is 2.25. The van der Waals surface area contributed by atoms with E-state index in [-0.39, 0.29) is 18.0 Å². The van der Waals surface area contributed by atoms with Crippen LogP contribution in [0, 0.1) is 5.82 Å². The van der Waals surface area contributed by atoms with Gasteiger partial charge in [-0.2, -0.15) is 0 Å². The molecule has 0 amide bonds. The van der Waals surface area contributed by atoms with Crippen LogP contribution in [0.2, 0.25) is 0 Å². The number of hydrogen-bond acceptors (Lipinski definition) is 3. The molecule has 1 aromatic rings. The predicted octanol–water partition coefficient (Wildman–Crippen LogP) is 2.55. The maximum atomic E-state index is 13.2. The van der Waals surface area contributed by atoms with Gasteiger partial charge in [-0.3, -0.25) is 0 Å². The summed E-state index contributed by atoms with van der Waals surface area (Å²) in [7, 11) is 1.97. The van der Waals surface area contributed by atoms with Crippen LogP contribution in [0.4, 0.5) is 10.1 Å².